The molecule has 0 spiro atoms. The standard InChI is InChI=1S/C21H20ClF2N3O4/c1-25(12-14-10-16(27(30)31)3-5-18(14)22)20(28)13-6-8-26(9-7-13)21(29)17-4-2-15(23)11-19(17)24/h2-5,10-11,13H,6-9,12H2,1H3. The Morgan fingerprint density at radius 1 is 1.19 bits per heavy atom. The predicted octanol–water partition coefficient (Wildman–Crippen LogP) is 4.04. The zero-order chi connectivity index (χ0) is 22.7. The third-order valence-corrected chi connectivity index (χ3v) is 5.69. The molecule has 164 valence electrons. The molecule has 0 unspecified atom stereocenters. The van der Waals surface area contributed by atoms with Gasteiger partial charge in [0.15, 0.2) is 0 Å². The van der Waals surface area contributed by atoms with Crippen molar-refractivity contribution in [3.63, 3.8) is 0 Å². The van der Waals surface area contributed by atoms with Crippen LogP contribution in [0.3, 0.4) is 0 Å². The lowest BCUT2D eigenvalue weighted by Gasteiger charge is -2.33. The zero-order valence-electron chi connectivity index (χ0n) is 16.7. The first-order valence-corrected chi connectivity index (χ1v) is 9.97. The van der Waals surface area contributed by atoms with E-state index in [9.17, 15) is 28.5 Å². The van der Waals surface area contributed by atoms with Gasteiger partial charge in [-0.2, -0.15) is 0 Å². The molecule has 0 saturated carbocycles. The summed E-state index contributed by atoms with van der Waals surface area (Å²) in [6, 6.07) is 6.86. The van der Waals surface area contributed by atoms with E-state index in [1.54, 1.807) is 7.05 Å². The summed E-state index contributed by atoms with van der Waals surface area (Å²) in [6.45, 7) is 0.633. The summed E-state index contributed by atoms with van der Waals surface area (Å²) in [5, 5.41) is 11.3. The number of amides is 2. The normalized spacial score (nSPS) is 14.4. The molecule has 1 saturated heterocycles. The number of hydrogen-bond donors (Lipinski definition) is 0. The van der Waals surface area contributed by atoms with Gasteiger partial charge in [-0.3, -0.25) is 19.7 Å². The number of piperidine rings is 1. The summed E-state index contributed by atoms with van der Waals surface area (Å²) in [6.07, 6.45) is 0.779. The fourth-order valence-electron chi connectivity index (χ4n) is 3.60. The minimum Gasteiger partial charge on any atom is -0.341 e. The average Bonchev–Trinajstić information content (AvgIpc) is 2.74. The van der Waals surface area contributed by atoms with Gasteiger partial charge in [0.1, 0.15) is 11.6 Å². The van der Waals surface area contributed by atoms with Gasteiger partial charge in [-0.15, -0.1) is 0 Å². The van der Waals surface area contributed by atoms with Crippen LogP contribution in [0.1, 0.15) is 28.8 Å². The minimum atomic E-state index is -0.920. The Balaban J connectivity index is 1.60. The van der Waals surface area contributed by atoms with Gasteiger partial charge in [0.05, 0.1) is 10.5 Å². The third kappa shape index (κ3) is 5.16. The molecule has 0 N–H and O–H groups in total. The number of nitro benzene ring substituents is 1. The molecule has 1 heterocycles. The monoisotopic (exact) mass is 451 g/mol. The Bertz CT molecular complexity index is 1030. The molecule has 0 aliphatic carbocycles. The lowest BCUT2D eigenvalue weighted by molar-refractivity contribution is -0.384. The minimum absolute atomic E-state index is 0.110. The van der Waals surface area contributed by atoms with Crippen molar-refractivity contribution in [2.24, 2.45) is 5.92 Å². The lowest BCUT2D eigenvalue weighted by Crippen LogP contribution is -2.43. The third-order valence-electron chi connectivity index (χ3n) is 5.32. The Labute approximate surface area is 182 Å². The topological polar surface area (TPSA) is 83.8 Å². The number of non-ortho nitro benzene ring substituents is 1. The van der Waals surface area contributed by atoms with Crippen molar-refractivity contribution in [1.82, 2.24) is 9.80 Å². The molecule has 2 aromatic carbocycles. The van der Waals surface area contributed by atoms with Crippen molar-refractivity contribution in [3.8, 4) is 0 Å². The number of carbonyl (C=O) groups is 2. The van der Waals surface area contributed by atoms with Gasteiger partial charge in [0.2, 0.25) is 5.91 Å². The van der Waals surface area contributed by atoms with Crippen LogP contribution in [0.5, 0.6) is 0 Å². The number of nitrogens with zero attached hydrogens (tertiary/aromatic N) is 3. The lowest BCUT2D eigenvalue weighted by atomic mass is 9.94. The molecule has 1 aliphatic heterocycles. The summed E-state index contributed by atoms with van der Waals surface area (Å²) in [7, 11) is 1.59. The summed E-state index contributed by atoms with van der Waals surface area (Å²) < 4.78 is 26.9. The second kappa shape index (κ2) is 9.38. The molecule has 0 atom stereocenters. The van der Waals surface area contributed by atoms with Crippen LogP contribution in [-0.2, 0) is 11.3 Å². The summed E-state index contributed by atoms with van der Waals surface area (Å²) in [5.41, 5.74) is 0.148. The maximum absolute atomic E-state index is 13.9. The number of rotatable bonds is 5. The van der Waals surface area contributed by atoms with Crippen molar-refractivity contribution in [2.45, 2.75) is 19.4 Å². The molecule has 1 aliphatic rings. The summed E-state index contributed by atoms with van der Waals surface area (Å²) in [4.78, 5) is 38.6. The van der Waals surface area contributed by atoms with E-state index in [-0.39, 0.29) is 42.7 Å². The second-order valence-corrected chi connectivity index (χ2v) is 7.82. The highest BCUT2D eigenvalue weighted by Gasteiger charge is 2.30. The van der Waals surface area contributed by atoms with E-state index >= 15 is 0 Å². The highest BCUT2D eigenvalue weighted by atomic mass is 35.5. The SMILES string of the molecule is CN(Cc1cc([N+](=O)[O-])ccc1Cl)C(=O)C1CCN(C(=O)c2ccc(F)cc2F)CC1. The molecule has 7 nitrogen and oxygen atoms in total. The molecule has 0 radical (unpaired) electrons. The van der Waals surface area contributed by atoms with E-state index in [0.29, 0.717) is 29.5 Å². The quantitative estimate of drug-likeness (QED) is 0.507. The largest absolute Gasteiger partial charge is 0.341 e. The van der Waals surface area contributed by atoms with E-state index in [1.165, 1.54) is 28.0 Å². The number of halogens is 3. The molecule has 3 rings (SSSR count). The van der Waals surface area contributed by atoms with E-state index in [4.69, 9.17) is 11.6 Å². The highest BCUT2D eigenvalue weighted by molar-refractivity contribution is 6.31. The number of likely N-dealkylation sites (tertiary alicyclic amines) is 1. The van der Waals surface area contributed by atoms with Gasteiger partial charge in [0, 0.05) is 55.8 Å². The van der Waals surface area contributed by atoms with Crippen molar-refractivity contribution >= 4 is 29.1 Å². The molecular weight excluding hydrogens is 432 g/mol. The first-order chi connectivity index (χ1) is 14.7. The Hall–Kier alpha value is -3.07. The van der Waals surface area contributed by atoms with Crippen LogP contribution in [0.2, 0.25) is 5.02 Å². The molecule has 31 heavy (non-hydrogen) atoms. The van der Waals surface area contributed by atoms with Gasteiger partial charge in [-0.1, -0.05) is 11.6 Å². The summed E-state index contributed by atoms with van der Waals surface area (Å²) >= 11 is 6.11. The van der Waals surface area contributed by atoms with Crippen LogP contribution in [-0.4, -0.2) is 46.7 Å². The maximum Gasteiger partial charge on any atom is 0.269 e. The van der Waals surface area contributed by atoms with Crippen molar-refractivity contribution in [2.75, 3.05) is 20.1 Å². The molecular formula is C21H20ClF2N3O4. The Morgan fingerprint density at radius 2 is 1.87 bits per heavy atom. The van der Waals surface area contributed by atoms with Gasteiger partial charge in [0.25, 0.3) is 11.6 Å². The first kappa shape index (κ1) is 22.6. The van der Waals surface area contributed by atoms with Gasteiger partial charge in [-0.05, 0) is 36.6 Å². The van der Waals surface area contributed by atoms with Crippen LogP contribution >= 0.6 is 11.6 Å². The van der Waals surface area contributed by atoms with Gasteiger partial charge >= 0.3 is 0 Å². The number of carbonyl (C=O) groups excluding carboxylic acids is 2. The Kier molecular flexibility index (Phi) is 6.84. The van der Waals surface area contributed by atoms with E-state index in [0.717, 1.165) is 12.1 Å². The number of benzene rings is 2. The van der Waals surface area contributed by atoms with E-state index < -0.39 is 22.5 Å². The fourth-order valence-corrected chi connectivity index (χ4v) is 3.78. The molecule has 2 aromatic rings. The van der Waals surface area contributed by atoms with Crippen molar-refractivity contribution < 1.29 is 23.3 Å². The van der Waals surface area contributed by atoms with Crippen LogP contribution in [0.4, 0.5) is 14.5 Å². The van der Waals surface area contributed by atoms with Crippen LogP contribution in [0, 0.1) is 27.7 Å². The first-order valence-electron chi connectivity index (χ1n) is 9.59. The molecule has 0 aromatic heterocycles. The molecule has 1 fully saturated rings. The second-order valence-electron chi connectivity index (χ2n) is 7.42. The van der Waals surface area contributed by atoms with Crippen molar-refractivity contribution in [3.05, 3.63) is 74.3 Å². The van der Waals surface area contributed by atoms with Crippen LogP contribution in [0.25, 0.3) is 0 Å². The van der Waals surface area contributed by atoms with Gasteiger partial charge in [-0.25, -0.2) is 8.78 Å². The molecule has 2 amide bonds. The van der Waals surface area contributed by atoms with Crippen LogP contribution in [0.15, 0.2) is 36.4 Å². The van der Waals surface area contributed by atoms with Crippen LogP contribution < -0.4 is 0 Å². The number of hydrogen-bond acceptors (Lipinski definition) is 4. The zero-order valence-corrected chi connectivity index (χ0v) is 17.4. The predicted molar refractivity (Wildman–Crippen MR) is 110 cm³/mol. The molecule has 0 bridgehead atoms. The highest BCUT2D eigenvalue weighted by Crippen LogP contribution is 2.26. The Morgan fingerprint density at radius 3 is 2.48 bits per heavy atom. The maximum atomic E-state index is 13.9. The molecule has 10 heteroatoms. The fraction of sp³-hybridized carbons (Fsp3) is 0.333. The summed E-state index contributed by atoms with van der Waals surface area (Å²) in [5.74, 6) is -2.73. The smallest absolute Gasteiger partial charge is 0.269 e. The van der Waals surface area contributed by atoms with Crippen molar-refractivity contribution in [1.29, 1.82) is 0 Å². The van der Waals surface area contributed by atoms with E-state index in [1.807, 2.05) is 0 Å². The number of nitro groups is 1. The van der Waals surface area contributed by atoms with Gasteiger partial charge < -0.3 is 9.80 Å². The average molecular weight is 452 g/mol. The van der Waals surface area contributed by atoms with E-state index in [2.05, 4.69) is 0 Å².